The van der Waals surface area contributed by atoms with Crippen molar-refractivity contribution in [2.75, 3.05) is 13.2 Å². The maximum absolute atomic E-state index is 13.7. The van der Waals surface area contributed by atoms with Gasteiger partial charge in [0.25, 0.3) is 0 Å². The minimum atomic E-state index is -0.738. The van der Waals surface area contributed by atoms with Crippen LogP contribution >= 0.6 is 11.6 Å². The molecule has 0 radical (unpaired) electrons. The first-order valence-corrected chi connectivity index (χ1v) is 8.77. The van der Waals surface area contributed by atoms with Crippen molar-refractivity contribution in [1.29, 1.82) is 0 Å². The fraction of sp³-hybridized carbons (Fsp3) is 0.368. The second-order valence-corrected chi connectivity index (χ2v) is 7.35. The van der Waals surface area contributed by atoms with Gasteiger partial charge in [0.05, 0.1) is 18.2 Å². The van der Waals surface area contributed by atoms with Crippen LogP contribution in [0.5, 0.6) is 5.75 Å². The number of aromatic nitrogens is 1. The van der Waals surface area contributed by atoms with Crippen LogP contribution in [-0.4, -0.2) is 34.6 Å². The Hall–Kier alpha value is -2.22. The van der Waals surface area contributed by atoms with E-state index in [-0.39, 0.29) is 22.0 Å². The average Bonchev–Trinajstić information content (AvgIpc) is 3.13. The second-order valence-electron chi connectivity index (χ2n) is 6.94. The highest BCUT2D eigenvalue weighted by Gasteiger charge is 2.27. The van der Waals surface area contributed by atoms with Crippen molar-refractivity contribution in [3.05, 3.63) is 58.1 Å². The molecule has 2 aromatic rings. The van der Waals surface area contributed by atoms with Gasteiger partial charge in [-0.1, -0.05) is 22.8 Å². The summed E-state index contributed by atoms with van der Waals surface area (Å²) < 4.78 is 24.9. The van der Waals surface area contributed by atoms with Crippen molar-refractivity contribution in [3.63, 3.8) is 0 Å². The molecule has 0 bridgehead atoms. The first kappa shape index (κ1) is 19.5. The van der Waals surface area contributed by atoms with Gasteiger partial charge in [-0.25, -0.2) is 4.39 Å². The zero-order chi connectivity index (χ0) is 19.6. The van der Waals surface area contributed by atoms with E-state index in [4.69, 9.17) is 25.9 Å². The molecule has 0 atom stereocenters. The second kappa shape index (κ2) is 7.80. The molecule has 144 valence electrons. The van der Waals surface area contributed by atoms with Crippen molar-refractivity contribution in [2.24, 2.45) is 5.16 Å². The molecule has 3 rings (SSSR count). The third-order valence-electron chi connectivity index (χ3n) is 3.64. The standard InChI is InChI=1S/C19H20ClFN2O4/c1-19(2,3)27-23-17(12-9-13(20)14(21)10-15(12)24)16-11(5-4-6-22-16)18-25-7-8-26-18/h4-6,9-10,18,24H,7-8H2,1-3H3/b23-17+. The van der Waals surface area contributed by atoms with E-state index in [2.05, 4.69) is 10.1 Å². The Balaban J connectivity index is 2.16. The van der Waals surface area contributed by atoms with Gasteiger partial charge in [0.15, 0.2) is 6.29 Å². The zero-order valence-corrected chi connectivity index (χ0v) is 16.0. The van der Waals surface area contributed by atoms with E-state index in [0.717, 1.165) is 6.07 Å². The molecule has 27 heavy (non-hydrogen) atoms. The van der Waals surface area contributed by atoms with E-state index in [1.165, 1.54) is 6.07 Å². The van der Waals surface area contributed by atoms with Crippen molar-refractivity contribution in [3.8, 4) is 5.75 Å². The lowest BCUT2D eigenvalue weighted by Crippen LogP contribution is -2.19. The van der Waals surface area contributed by atoms with Gasteiger partial charge < -0.3 is 19.4 Å². The molecule has 1 aliphatic heterocycles. The Morgan fingerprint density at radius 1 is 1.33 bits per heavy atom. The number of nitrogens with zero attached hydrogens (tertiary/aromatic N) is 2. The summed E-state index contributed by atoms with van der Waals surface area (Å²) in [6.07, 6.45) is 0.953. The molecular weight excluding hydrogens is 375 g/mol. The largest absolute Gasteiger partial charge is 0.507 e. The zero-order valence-electron chi connectivity index (χ0n) is 15.2. The van der Waals surface area contributed by atoms with E-state index in [9.17, 15) is 9.50 Å². The van der Waals surface area contributed by atoms with Crippen LogP contribution in [0.3, 0.4) is 0 Å². The molecular formula is C19H20ClFN2O4. The molecule has 1 saturated heterocycles. The maximum Gasteiger partial charge on any atom is 0.186 e. The van der Waals surface area contributed by atoms with Crippen LogP contribution in [-0.2, 0) is 14.3 Å². The number of benzene rings is 1. The topological polar surface area (TPSA) is 73.2 Å². The van der Waals surface area contributed by atoms with Crippen LogP contribution in [0.1, 0.15) is 43.9 Å². The van der Waals surface area contributed by atoms with Crippen LogP contribution in [0.4, 0.5) is 4.39 Å². The lowest BCUT2D eigenvalue weighted by molar-refractivity contribution is -0.0445. The summed E-state index contributed by atoms with van der Waals surface area (Å²) in [5.74, 6) is -1.07. The quantitative estimate of drug-likeness (QED) is 0.621. The lowest BCUT2D eigenvalue weighted by Gasteiger charge is -2.19. The number of hydrogen-bond donors (Lipinski definition) is 1. The van der Waals surface area contributed by atoms with Gasteiger partial charge in [0, 0.05) is 23.4 Å². The molecule has 1 aromatic carbocycles. The van der Waals surface area contributed by atoms with Crippen LogP contribution < -0.4 is 0 Å². The van der Waals surface area contributed by atoms with E-state index in [1.807, 2.05) is 20.8 Å². The van der Waals surface area contributed by atoms with Gasteiger partial charge in [0.2, 0.25) is 0 Å². The minimum Gasteiger partial charge on any atom is -0.507 e. The Morgan fingerprint density at radius 3 is 2.70 bits per heavy atom. The fourth-order valence-corrected chi connectivity index (χ4v) is 2.64. The van der Waals surface area contributed by atoms with Gasteiger partial charge in [-0.15, -0.1) is 0 Å². The number of halogens is 2. The highest BCUT2D eigenvalue weighted by Crippen LogP contribution is 2.31. The van der Waals surface area contributed by atoms with Crippen molar-refractivity contribution in [2.45, 2.75) is 32.7 Å². The predicted molar refractivity (Wildman–Crippen MR) is 98.4 cm³/mol. The Bertz CT molecular complexity index is 861. The Kier molecular flexibility index (Phi) is 5.64. The predicted octanol–water partition coefficient (Wildman–Crippen LogP) is 4.19. The van der Waals surface area contributed by atoms with E-state index >= 15 is 0 Å². The smallest absolute Gasteiger partial charge is 0.186 e. The number of hydrogen-bond acceptors (Lipinski definition) is 6. The fourth-order valence-electron chi connectivity index (χ4n) is 2.47. The molecule has 0 spiro atoms. The molecule has 0 amide bonds. The lowest BCUT2D eigenvalue weighted by atomic mass is 10.0. The number of ether oxygens (including phenoxy) is 2. The molecule has 8 heteroatoms. The average molecular weight is 395 g/mol. The van der Waals surface area contributed by atoms with Crippen molar-refractivity contribution in [1.82, 2.24) is 4.98 Å². The van der Waals surface area contributed by atoms with Crippen molar-refractivity contribution < 1.29 is 23.8 Å². The van der Waals surface area contributed by atoms with E-state index in [1.54, 1.807) is 18.3 Å². The van der Waals surface area contributed by atoms with Gasteiger partial charge >= 0.3 is 0 Å². The van der Waals surface area contributed by atoms with E-state index < -0.39 is 17.7 Å². The monoisotopic (exact) mass is 394 g/mol. The third-order valence-corrected chi connectivity index (χ3v) is 3.93. The van der Waals surface area contributed by atoms with Crippen LogP contribution in [0.2, 0.25) is 5.02 Å². The summed E-state index contributed by atoms with van der Waals surface area (Å²) >= 11 is 5.92. The molecule has 6 nitrogen and oxygen atoms in total. The SMILES string of the molecule is CC(C)(C)O/N=C(\c1cc(Cl)c(F)cc1O)c1ncccc1C1OCCO1. The summed E-state index contributed by atoms with van der Waals surface area (Å²) in [6.45, 7) is 6.39. The summed E-state index contributed by atoms with van der Waals surface area (Å²) in [5, 5.41) is 14.4. The number of phenolic OH excluding ortho intramolecular Hbond substituents is 1. The third kappa shape index (κ3) is 4.55. The van der Waals surface area contributed by atoms with Crippen molar-refractivity contribution >= 4 is 17.3 Å². The number of rotatable bonds is 4. The van der Waals surface area contributed by atoms with Gasteiger partial charge in [-0.3, -0.25) is 4.98 Å². The normalized spacial score (nSPS) is 16.0. The first-order valence-electron chi connectivity index (χ1n) is 8.39. The summed E-state index contributed by atoms with van der Waals surface area (Å²) in [4.78, 5) is 9.94. The van der Waals surface area contributed by atoms with Gasteiger partial charge in [-0.05, 0) is 32.9 Å². The number of aromatic hydroxyl groups is 1. The minimum absolute atomic E-state index is 0.155. The summed E-state index contributed by atoms with van der Waals surface area (Å²) in [6, 6.07) is 5.73. The highest BCUT2D eigenvalue weighted by molar-refractivity contribution is 6.31. The maximum atomic E-state index is 13.7. The van der Waals surface area contributed by atoms with Crippen LogP contribution in [0, 0.1) is 5.82 Å². The molecule has 0 aliphatic carbocycles. The molecule has 0 unspecified atom stereocenters. The first-order chi connectivity index (χ1) is 12.8. The van der Waals surface area contributed by atoms with Crippen LogP contribution in [0.25, 0.3) is 0 Å². The Labute approximate surface area is 161 Å². The summed E-state index contributed by atoms with van der Waals surface area (Å²) in [7, 11) is 0. The number of oxime groups is 1. The molecule has 1 fully saturated rings. The highest BCUT2D eigenvalue weighted by atomic mass is 35.5. The van der Waals surface area contributed by atoms with Gasteiger partial charge in [-0.2, -0.15) is 0 Å². The number of pyridine rings is 1. The van der Waals surface area contributed by atoms with Gasteiger partial charge in [0.1, 0.15) is 28.6 Å². The molecule has 0 saturated carbocycles. The number of phenols is 1. The molecule has 2 heterocycles. The van der Waals surface area contributed by atoms with E-state index in [0.29, 0.717) is 24.5 Å². The molecule has 1 aromatic heterocycles. The van der Waals surface area contributed by atoms with Crippen LogP contribution in [0.15, 0.2) is 35.6 Å². The molecule has 1 N–H and O–H groups in total. The molecule has 1 aliphatic rings. The Morgan fingerprint density at radius 2 is 2.04 bits per heavy atom. The summed E-state index contributed by atoms with van der Waals surface area (Å²) in [5.41, 5.74) is 0.778.